The summed E-state index contributed by atoms with van der Waals surface area (Å²) in [5, 5.41) is 1.80. The molecule has 3 N–H and O–H groups in total. The summed E-state index contributed by atoms with van der Waals surface area (Å²) in [6.45, 7) is -0.757. The summed E-state index contributed by atoms with van der Waals surface area (Å²) in [6, 6.07) is 12.1. The van der Waals surface area contributed by atoms with E-state index < -0.39 is 48.2 Å². The predicted molar refractivity (Wildman–Crippen MR) is 186 cm³/mol. The van der Waals surface area contributed by atoms with E-state index in [1.807, 2.05) is 0 Å². The molecule has 57 heavy (non-hydrogen) atoms. The van der Waals surface area contributed by atoms with E-state index in [1.165, 1.54) is 49.1 Å². The number of rotatable bonds is 14. The normalized spacial score (nSPS) is 15.6. The molecule has 2 heterocycles. The maximum atomic E-state index is 12.8. The fourth-order valence-corrected chi connectivity index (χ4v) is 6.78. The number of nitrogens with two attached hydrogens (primary N) is 1. The summed E-state index contributed by atoms with van der Waals surface area (Å²) in [6.07, 6.45) is -2.57. The van der Waals surface area contributed by atoms with Crippen molar-refractivity contribution in [3.63, 3.8) is 0 Å². The average Bonchev–Trinajstić information content (AvgIpc) is 3.13. The van der Waals surface area contributed by atoms with E-state index in [4.69, 9.17) is 5.73 Å². The molecule has 2 aliphatic rings. The molecule has 304 valence electrons. The van der Waals surface area contributed by atoms with Gasteiger partial charge in [-0.1, -0.05) is 49.2 Å². The molecule has 0 saturated heterocycles. The highest BCUT2D eigenvalue weighted by atomic mass is 19.4. The topological polar surface area (TPSA) is 159 Å². The minimum atomic E-state index is -4.82. The third-order valence-corrected chi connectivity index (χ3v) is 9.84. The van der Waals surface area contributed by atoms with Crippen LogP contribution in [0.25, 0.3) is 0 Å². The number of carbonyl (C=O) groups is 3. The van der Waals surface area contributed by atoms with Crippen molar-refractivity contribution in [2.75, 3.05) is 13.1 Å². The van der Waals surface area contributed by atoms with Gasteiger partial charge in [-0.15, -0.1) is 26.3 Å². The first kappa shape index (κ1) is 42.6. The zero-order valence-corrected chi connectivity index (χ0v) is 30.0. The molecule has 2 saturated carbocycles. The van der Waals surface area contributed by atoms with Crippen molar-refractivity contribution >= 4 is 17.5 Å². The van der Waals surface area contributed by atoms with Gasteiger partial charge in [0.2, 0.25) is 0 Å². The molecule has 0 aliphatic heterocycles. The van der Waals surface area contributed by atoms with Crippen LogP contribution in [-0.4, -0.2) is 69.6 Å². The Morgan fingerprint density at radius 2 is 1.05 bits per heavy atom. The maximum absolute atomic E-state index is 12.8. The summed E-state index contributed by atoms with van der Waals surface area (Å²) in [5.41, 5.74) is 5.44. The Hall–Kier alpha value is -5.59. The molecule has 0 radical (unpaired) electrons. The Balaban J connectivity index is 0.000000221. The number of hydrogen-bond donors (Lipinski definition) is 2. The first-order valence-electron chi connectivity index (χ1n) is 17.6. The lowest BCUT2D eigenvalue weighted by molar-refractivity contribution is -0.276. The highest BCUT2D eigenvalue weighted by Crippen LogP contribution is 2.50. The van der Waals surface area contributed by atoms with E-state index in [0.717, 1.165) is 25.7 Å². The van der Waals surface area contributed by atoms with Gasteiger partial charge >= 0.3 is 19.2 Å². The van der Waals surface area contributed by atoms with E-state index in [-0.39, 0.29) is 35.8 Å². The van der Waals surface area contributed by atoms with Crippen LogP contribution in [0, 0.1) is 0 Å². The molecule has 1 amide bonds. The van der Waals surface area contributed by atoms with Crippen molar-refractivity contribution in [1.29, 1.82) is 0 Å². The van der Waals surface area contributed by atoms with Crippen LogP contribution in [0.2, 0.25) is 0 Å². The molecule has 0 atom stereocenters. The van der Waals surface area contributed by atoms with Crippen LogP contribution in [0.1, 0.15) is 82.0 Å². The zero-order chi connectivity index (χ0) is 41.4. The van der Waals surface area contributed by atoms with E-state index in [2.05, 4.69) is 29.4 Å². The van der Waals surface area contributed by atoms with Crippen LogP contribution in [0.3, 0.4) is 0 Å². The number of ketones is 2. The largest absolute Gasteiger partial charge is 0.573 e. The van der Waals surface area contributed by atoms with Crippen LogP contribution in [-0.2, 0) is 28.5 Å². The van der Waals surface area contributed by atoms with E-state index in [0.29, 0.717) is 47.6 Å². The Bertz CT molecular complexity index is 2020. The van der Waals surface area contributed by atoms with Gasteiger partial charge in [-0.3, -0.25) is 14.4 Å². The number of benzene rings is 2. The molecular weight excluding hydrogens is 772 g/mol. The average molecular weight is 809 g/mol. The van der Waals surface area contributed by atoms with Crippen LogP contribution in [0.15, 0.2) is 73.3 Å². The minimum absolute atomic E-state index is 0.0155. The van der Waals surface area contributed by atoms with E-state index >= 15 is 0 Å². The quantitative estimate of drug-likeness (QED) is 0.103. The SMILES string of the molecule is NCC(=O)c1cnc(CC2(c3ccccc3OC(F)(F)F)CCC2)nc1.O=C(CNC(=O)C(F)F)c1cnc(CC2(c3ccccc3OC(F)(F)F)CCC2)nc1. The second-order valence-electron chi connectivity index (χ2n) is 13.6. The highest BCUT2D eigenvalue weighted by Gasteiger charge is 2.45. The van der Waals surface area contributed by atoms with Crippen molar-refractivity contribution in [2.24, 2.45) is 5.73 Å². The van der Waals surface area contributed by atoms with Crippen molar-refractivity contribution in [2.45, 2.75) is 81.3 Å². The predicted octanol–water partition coefficient (Wildman–Crippen LogP) is 6.78. The van der Waals surface area contributed by atoms with E-state index in [1.54, 1.807) is 29.6 Å². The summed E-state index contributed by atoms with van der Waals surface area (Å²) in [4.78, 5) is 51.0. The summed E-state index contributed by atoms with van der Waals surface area (Å²) in [5.74, 6) is -2.14. The number of Topliss-reactive ketones (excluding diaryl/α,β-unsaturated/α-hetero) is 2. The first-order valence-corrected chi connectivity index (χ1v) is 17.6. The molecule has 6 rings (SSSR count). The van der Waals surface area contributed by atoms with Gasteiger partial charge in [0.1, 0.15) is 23.1 Å². The molecule has 2 fully saturated rings. The monoisotopic (exact) mass is 808 g/mol. The Labute approximate surface area is 320 Å². The molecule has 2 aromatic carbocycles. The Morgan fingerprint density at radius 3 is 1.39 bits per heavy atom. The third-order valence-electron chi connectivity index (χ3n) is 9.84. The standard InChI is InChI=1S/C20H18F5N3O3.C18H18F3N3O2/c21-17(22)18(30)28-11-14(29)12-9-26-16(27-10-12)8-19(6-3-7-19)13-4-1-2-5-15(13)31-20(23,24)25;19-18(20,21)26-15-5-2-1-4-13(15)17(6-3-7-17)8-16-23-10-12(11-24-16)14(25)9-22/h1-2,4-5,9-10,17H,3,6-8,11H2,(H,28,30);1-2,4-5,10-11H,3,6-9,22H2. The first-order chi connectivity index (χ1) is 26.9. The van der Waals surface area contributed by atoms with Gasteiger partial charge in [-0.25, -0.2) is 19.9 Å². The van der Waals surface area contributed by atoms with Crippen molar-refractivity contribution in [3.8, 4) is 11.5 Å². The fraction of sp³-hybridized carbons (Fsp3) is 0.395. The number of nitrogens with zero attached hydrogens (tertiary/aromatic N) is 4. The maximum Gasteiger partial charge on any atom is 0.573 e. The van der Waals surface area contributed by atoms with Crippen LogP contribution >= 0.6 is 0 Å². The smallest absolute Gasteiger partial charge is 0.405 e. The molecule has 0 bridgehead atoms. The molecule has 19 heteroatoms. The number of para-hydroxylation sites is 2. The van der Waals surface area contributed by atoms with Gasteiger partial charge in [0.05, 0.1) is 24.2 Å². The number of ether oxygens (including phenoxy) is 2. The van der Waals surface area contributed by atoms with Gasteiger partial charge in [0.25, 0.3) is 5.91 Å². The molecule has 2 aromatic heterocycles. The zero-order valence-electron chi connectivity index (χ0n) is 30.0. The van der Waals surface area contributed by atoms with Gasteiger partial charge in [0, 0.05) is 59.6 Å². The molecule has 0 unspecified atom stereocenters. The fourth-order valence-electron chi connectivity index (χ4n) is 6.78. The molecule has 0 spiro atoms. The molecular formula is C38H36F8N6O5. The van der Waals surface area contributed by atoms with E-state index in [9.17, 15) is 49.5 Å². The summed E-state index contributed by atoms with van der Waals surface area (Å²) in [7, 11) is 0. The Kier molecular flexibility index (Phi) is 13.2. The van der Waals surface area contributed by atoms with Crippen LogP contribution in [0.5, 0.6) is 11.5 Å². The summed E-state index contributed by atoms with van der Waals surface area (Å²) < 4.78 is 109. The highest BCUT2D eigenvalue weighted by molar-refractivity contribution is 5.99. The lowest BCUT2D eigenvalue weighted by Gasteiger charge is -2.42. The number of hydrogen-bond acceptors (Lipinski definition) is 10. The van der Waals surface area contributed by atoms with Crippen molar-refractivity contribution in [3.05, 3.63) is 107 Å². The summed E-state index contributed by atoms with van der Waals surface area (Å²) >= 11 is 0. The minimum Gasteiger partial charge on any atom is -0.405 e. The number of alkyl halides is 8. The lowest BCUT2D eigenvalue weighted by Crippen LogP contribution is -2.38. The second-order valence-corrected chi connectivity index (χ2v) is 13.6. The van der Waals surface area contributed by atoms with Crippen molar-refractivity contribution < 1.29 is 59.0 Å². The van der Waals surface area contributed by atoms with Gasteiger partial charge in [0.15, 0.2) is 11.6 Å². The van der Waals surface area contributed by atoms with Gasteiger partial charge in [-0.05, 0) is 37.8 Å². The number of carbonyl (C=O) groups excluding carboxylic acids is 3. The van der Waals surface area contributed by atoms with Crippen molar-refractivity contribution in [1.82, 2.24) is 25.3 Å². The molecule has 4 aromatic rings. The molecule has 2 aliphatic carbocycles. The van der Waals surface area contributed by atoms with Gasteiger partial charge in [-0.2, -0.15) is 8.78 Å². The number of nitrogens with one attached hydrogen (secondary N) is 1. The second kappa shape index (κ2) is 17.7. The number of aromatic nitrogens is 4. The van der Waals surface area contributed by atoms with Crippen LogP contribution < -0.4 is 20.5 Å². The third kappa shape index (κ3) is 11.0. The van der Waals surface area contributed by atoms with Gasteiger partial charge < -0.3 is 20.5 Å². The van der Waals surface area contributed by atoms with Crippen LogP contribution in [0.4, 0.5) is 35.1 Å². The molecule has 11 nitrogen and oxygen atoms in total. The Morgan fingerprint density at radius 1 is 0.667 bits per heavy atom. The number of amides is 1. The lowest BCUT2D eigenvalue weighted by atomic mass is 9.62. The number of halogens is 8.